The van der Waals surface area contributed by atoms with Crippen LogP contribution in [0.5, 0.6) is 0 Å². The van der Waals surface area contributed by atoms with Crippen LogP contribution < -0.4 is 0 Å². The smallest absolute Gasteiger partial charge is 0.345 e. The van der Waals surface area contributed by atoms with Gasteiger partial charge in [-0.25, -0.2) is 17.5 Å². The van der Waals surface area contributed by atoms with Gasteiger partial charge in [0.1, 0.15) is 17.9 Å². The molecule has 1 aromatic heterocycles. The van der Waals surface area contributed by atoms with Gasteiger partial charge in [0.25, 0.3) is 15.7 Å². The van der Waals surface area contributed by atoms with Gasteiger partial charge in [0.2, 0.25) is 5.09 Å². The van der Waals surface area contributed by atoms with E-state index in [4.69, 9.17) is 9.15 Å². The number of carbonyl (C=O) groups excluding carboxylic acids is 1. The fourth-order valence-electron chi connectivity index (χ4n) is 1.77. The molecule has 0 N–H and O–H groups in total. The minimum atomic E-state index is -3.73. The van der Waals surface area contributed by atoms with Gasteiger partial charge in [-0.1, -0.05) is 12.1 Å². The summed E-state index contributed by atoms with van der Waals surface area (Å²) in [7, 11) is -1.02. The van der Waals surface area contributed by atoms with Crippen molar-refractivity contribution in [3.05, 3.63) is 57.8 Å². The van der Waals surface area contributed by atoms with Gasteiger partial charge in [0.05, 0.1) is 4.92 Å². The van der Waals surface area contributed by atoms with E-state index >= 15 is 0 Å². The van der Waals surface area contributed by atoms with Crippen molar-refractivity contribution in [1.29, 1.82) is 0 Å². The SMILES string of the molecule is CN(C)S(=O)(=O)c1ccc(COC(=O)c2ccccc2[N+](=O)[O-])o1. The number of hydrogen-bond acceptors (Lipinski definition) is 7. The van der Waals surface area contributed by atoms with Crippen molar-refractivity contribution in [2.75, 3.05) is 14.1 Å². The number of para-hydroxylation sites is 1. The fourth-order valence-corrected chi connectivity index (χ4v) is 2.59. The van der Waals surface area contributed by atoms with Crippen LogP contribution in [0.4, 0.5) is 5.69 Å². The lowest BCUT2D eigenvalue weighted by Crippen LogP contribution is -2.21. The summed E-state index contributed by atoms with van der Waals surface area (Å²) in [5, 5.41) is 10.6. The molecule has 0 saturated heterocycles. The van der Waals surface area contributed by atoms with Gasteiger partial charge in [0, 0.05) is 20.2 Å². The minimum absolute atomic E-state index is 0.0994. The molecule has 128 valence electrons. The van der Waals surface area contributed by atoms with Crippen LogP contribution in [0.3, 0.4) is 0 Å². The lowest BCUT2D eigenvalue weighted by molar-refractivity contribution is -0.385. The highest BCUT2D eigenvalue weighted by Crippen LogP contribution is 2.21. The average Bonchev–Trinajstić information content (AvgIpc) is 3.02. The molecule has 0 atom stereocenters. The Kier molecular flexibility index (Phi) is 5.00. The van der Waals surface area contributed by atoms with Gasteiger partial charge < -0.3 is 9.15 Å². The van der Waals surface area contributed by atoms with Crippen LogP contribution in [0.25, 0.3) is 0 Å². The van der Waals surface area contributed by atoms with Crippen LogP contribution >= 0.6 is 0 Å². The Morgan fingerprint density at radius 1 is 1.25 bits per heavy atom. The van der Waals surface area contributed by atoms with E-state index in [-0.39, 0.29) is 28.7 Å². The standard InChI is InChI=1S/C14H14N2O7S/c1-15(2)24(20,21)13-8-7-10(23-13)9-22-14(17)11-5-3-4-6-12(11)16(18)19/h3-8H,9H2,1-2H3. The summed E-state index contributed by atoms with van der Waals surface area (Å²) in [6, 6.07) is 7.94. The Morgan fingerprint density at radius 3 is 2.54 bits per heavy atom. The van der Waals surface area contributed by atoms with Gasteiger partial charge in [-0.2, -0.15) is 0 Å². The van der Waals surface area contributed by atoms with E-state index in [1.165, 1.54) is 50.5 Å². The molecule has 0 aliphatic rings. The number of ether oxygens (including phenoxy) is 1. The molecule has 0 bridgehead atoms. The second-order valence-electron chi connectivity index (χ2n) is 4.86. The van der Waals surface area contributed by atoms with Crippen molar-refractivity contribution in [3.8, 4) is 0 Å². The maximum absolute atomic E-state index is 12.0. The van der Waals surface area contributed by atoms with Gasteiger partial charge in [-0.05, 0) is 18.2 Å². The molecule has 0 amide bonds. The molecule has 2 aromatic rings. The molecule has 2 rings (SSSR count). The zero-order valence-corrected chi connectivity index (χ0v) is 13.6. The Bertz CT molecular complexity index is 871. The summed E-state index contributed by atoms with van der Waals surface area (Å²) in [5.41, 5.74) is -0.576. The first-order valence-electron chi connectivity index (χ1n) is 6.65. The zero-order valence-electron chi connectivity index (χ0n) is 12.8. The summed E-state index contributed by atoms with van der Waals surface area (Å²) < 4.78 is 34.8. The summed E-state index contributed by atoms with van der Waals surface area (Å²) in [4.78, 5) is 22.2. The van der Waals surface area contributed by atoms with Crippen molar-refractivity contribution in [1.82, 2.24) is 4.31 Å². The Morgan fingerprint density at radius 2 is 1.92 bits per heavy atom. The highest BCUT2D eigenvalue weighted by Gasteiger charge is 2.23. The maximum atomic E-state index is 12.0. The lowest BCUT2D eigenvalue weighted by atomic mass is 10.2. The van der Waals surface area contributed by atoms with Gasteiger partial charge in [-0.3, -0.25) is 10.1 Å². The number of rotatable bonds is 6. The number of esters is 1. The van der Waals surface area contributed by atoms with Crippen molar-refractivity contribution in [2.45, 2.75) is 11.7 Å². The first-order valence-corrected chi connectivity index (χ1v) is 8.09. The zero-order chi connectivity index (χ0) is 17.9. The Labute approximate surface area is 137 Å². The number of nitro benzene ring substituents is 1. The second kappa shape index (κ2) is 6.81. The van der Waals surface area contributed by atoms with Crippen LogP contribution in [0.2, 0.25) is 0 Å². The molecule has 0 radical (unpaired) electrons. The molecule has 24 heavy (non-hydrogen) atoms. The molecule has 0 aliphatic heterocycles. The third-order valence-corrected chi connectivity index (χ3v) is 4.73. The van der Waals surface area contributed by atoms with E-state index < -0.39 is 20.9 Å². The highest BCUT2D eigenvalue weighted by molar-refractivity contribution is 7.88. The first-order chi connectivity index (χ1) is 11.2. The number of benzene rings is 1. The van der Waals surface area contributed by atoms with Crippen LogP contribution in [-0.2, 0) is 21.4 Å². The first kappa shape index (κ1) is 17.6. The number of furan rings is 1. The third kappa shape index (κ3) is 3.60. The maximum Gasteiger partial charge on any atom is 0.345 e. The number of nitrogens with zero attached hydrogens (tertiary/aromatic N) is 2. The van der Waals surface area contributed by atoms with Crippen LogP contribution in [-0.4, -0.2) is 37.7 Å². The molecule has 0 fully saturated rings. The molecule has 0 unspecified atom stereocenters. The topological polar surface area (TPSA) is 120 Å². The van der Waals surface area contributed by atoms with Crippen LogP contribution in [0.1, 0.15) is 16.1 Å². The average molecular weight is 354 g/mol. The molecule has 0 saturated carbocycles. The van der Waals surface area contributed by atoms with E-state index in [0.717, 1.165) is 4.31 Å². The monoisotopic (exact) mass is 354 g/mol. The van der Waals surface area contributed by atoms with Gasteiger partial charge in [0.15, 0.2) is 0 Å². The molecule has 0 aliphatic carbocycles. The summed E-state index contributed by atoms with van der Waals surface area (Å²) in [6.45, 7) is -0.353. The highest BCUT2D eigenvalue weighted by atomic mass is 32.2. The second-order valence-corrected chi connectivity index (χ2v) is 6.94. The van der Waals surface area contributed by atoms with Crippen LogP contribution in [0, 0.1) is 10.1 Å². The van der Waals surface area contributed by atoms with Gasteiger partial charge in [-0.15, -0.1) is 0 Å². The quantitative estimate of drug-likeness (QED) is 0.440. The minimum Gasteiger partial charge on any atom is -0.454 e. The van der Waals surface area contributed by atoms with E-state index in [1.54, 1.807) is 0 Å². The number of sulfonamides is 1. The number of carbonyl (C=O) groups is 1. The molecule has 1 aromatic carbocycles. The van der Waals surface area contributed by atoms with Crippen molar-refractivity contribution in [3.63, 3.8) is 0 Å². The van der Waals surface area contributed by atoms with Crippen molar-refractivity contribution < 1.29 is 27.3 Å². The summed E-state index contributed by atoms with van der Waals surface area (Å²) in [5.74, 6) is -0.807. The fraction of sp³-hybridized carbons (Fsp3) is 0.214. The number of hydrogen-bond donors (Lipinski definition) is 0. The summed E-state index contributed by atoms with van der Waals surface area (Å²) in [6.07, 6.45) is 0. The van der Waals surface area contributed by atoms with E-state index in [9.17, 15) is 23.3 Å². The van der Waals surface area contributed by atoms with Crippen molar-refractivity contribution >= 4 is 21.7 Å². The largest absolute Gasteiger partial charge is 0.454 e. The Hall–Kier alpha value is -2.72. The molecule has 10 heteroatoms. The lowest BCUT2D eigenvalue weighted by Gasteiger charge is -2.08. The van der Waals surface area contributed by atoms with Crippen molar-refractivity contribution in [2.24, 2.45) is 0 Å². The van der Waals surface area contributed by atoms with Gasteiger partial charge >= 0.3 is 5.97 Å². The Balaban J connectivity index is 2.11. The molecule has 0 spiro atoms. The molecular weight excluding hydrogens is 340 g/mol. The summed E-state index contributed by atoms with van der Waals surface area (Å²) >= 11 is 0. The molecule has 9 nitrogen and oxygen atoms in total. The van der Waals surface area contributed by atoms with E-state index in [2.05, 4.69) is 0 Å². The molecule has 1 heterocycles. The van der Waals surface area contributed by atoms with Crippen LogP contribution in [0.15, 0.2) is 45.9 Å². The number of nitro groups is 1. The van der Waals surface area contributed by atoms with E-state index in [1.807, 2.05) is 0 Å². The predicted octanol–water partition coefficient (Wildman–Crippen LogP) is 1.80. The molecular formula is C14H14N2O7S. The normalized spacial score (nSPS) is 11.5. The third-order valence-electron chi connectivity index (χ3n) is 3.04. The van der Waals surface area contributed by atoms with E-state index in [0.29, 0.717) is 0 Å². The predicted molar refractivity (Wildman–Crippen MR) is 81.8 cm³/mol.